The predicted octanol–water partition coefficient (Wildman–Crippen LogP) is 1.00. The summed E-state index contributed by atoms with van der Waals surface area (Å²) in [5, 5.41) is 17.8. The summed E-state index contributed by atoms with van der Waals surface area (Å²) in [6.45, 7) is 0. The van der Waals surface area contributed by atoms with Crippen LogP contribution in [0.3, 0.4) is 0 Å². The van der Waals surface area contributed by atoms with Crippen molar-refractivity contribution in [2.24, 2.45) is 0 Å². The monoisotopic (exact) mass is 244 g/mol. The fraction of sp³-hybridized carbons (Fsp3) is 0.167. The van der Waals surface area contributed by atoms with Gasteiger partial charge in [-0.1, -0.05) is 0 Å². The first kappa shape index (κ1) is 13.2. The molecule has 0 N–H and O–H groups in total. The van der Waals surface area contributed by atoms with Crippen LogP contribution in [0.4, 0.5) is 0 Å². The molecule has 0 radical (unpaired) electrons. The Kier molecular flexibility index (Phi) is 4.01. The molecule has 18 heavy (non-hydrogen) atoms. The molecule has 0 amide bonds. The SMILES string of the molecule is COC(=O)c1cc(C#N)c(C(=O)OC)cc1C#N. The highest BCUT2D eigenvalue weighted by Gasteiger charge is 2.20. The lowest BCUT2D eigenvalue weighted by atomic mass is 9.99. The van der Waals surface area contributed by atoms with Crippen molar-refractivity contribution in [1.29, 1.82) is 10.5 Å². The van der Waals surface area contributed by atoms with Crippen LogP contribution in [0.2, 0.25) is 0 Å². The van der Waals surface area contributed by atoms with E-state index in [-0.39, 0.29) is 22.3 Å². The molecule has 1 aromatic rings. The number of benzene rings is 1. The molecule has 0 aliphatic carbocycles. The fourth-order valence-corrected chi connectivity index (χ4v) is 1.34. The van der Waals surface area contributed by atoms with Crippen LogP contribution in [0.15, 0.2) is 12.1 Å². The smallest absolute Gasteiger partial charge is 0.339 e. The number of hydrogen-bond acceptors (Lipinski definition) is 6. The Morgan fingerprint density at radius 1 is 0.944 bits per heavy atom. The Hall–Kier alpha value is -2.86. The maximum atomic E-state index is 11.4. The van der Waals surface area contributed by atoms with Crippen LogP contribution in [0, 0.1) is 22.7 Å². The van der Waals surface area contributed by atoms with E-state index in [1.54, 1.807) is 12.1 Å². The number of ether oxygens (including phenoxy) is 2. The Morgan fingerprint density at radius 2 is 1.28 bits per heavy atom. The third kappa shape index (κ3) is 2.28. The molecular formula is C12H8N2O4. The largest absolute Gasteiger partial charge is 0.465 e. The van der Waals surface area contributed by atoms with Gasteiger partial charge < -0.3 is 9.47 Å². The maximum Gasteiger partial charge on any atom is 0.339 e. The maximum absolute atomic E-state index is 11.4. The Balaban J connectivity index is 3.54. The molecule has 0 spiro atoms. The third-order valence-corrected chi connectivity index (χ3v) is 2.21. The highest BCUT2D eigenvalue weighted by Crippen LogP contribution is 2.18. The van der Waals surface area contributed by atoms with E-state index in [0.717, 1.165) is 26.4 Å². The second kappa shape index (κ2) is 5.46. The molecule has 0 fully saturated rings. The predicted molar refractivity (Wildman–Crippen MR) is 58.6 cm³/mol. The number of esters is 2. The second-order valence-electron chi connectivity index (χ2n) is 3.15. The van der Waals surface area contributed by atoms with Gasteiger partial charge in [0.15, 0.2) is 0 Å². The molecule has 0 heterocycles. The van der Waals surface area contributed by atoms with Crippen molar-refractivity contribution < 1.29 is 19.1 Å². The lowest BCUT2D eigenvalue weighted by Gasteiger charge is -2.06. The highest BCUT2D eigenvalue weighted by molar-refractivity contribution is 5.97. The van der Waals surface area contributed by atoms with Crippen molar-refractivity contribution in [2.45, 2.75) is 0 Å². The van der Waals surface area contributed by atoms with Crippen molar-refractivity contribution in [3.8, 4) is 12.1 Å². The molecule has 0 aromatic heterocycles. The van der Waals surface area contributed by atoms with Crippen LogP contribution < -0.4 is 0 Å². The number of nitrogens with zero attached hydrogens (tertiary/aromatic N) is 2. The number of nitriles is 2. The standard InChI is InChI=1S/C12H8N2O4/c1-17-11(15)9-3-8(6-14)10(12(16)18-2)4-7(9)5-13/h3-4H,1-2H3. The Bertz CT molecular complexity index is 540. The van der Waals surface area contributed by atoms with Gasteiger partial charge in [-0.3, -0.25) is 0 Å². The Labute approximate surface area is 103 Å². The topological polar surface area (TPSA) is 100 Å². The molecule has 0 bridgehead atoms. The molecule has 1 aromatic carbocycles. The number of methoxy groups -OCH3 is 2. The average molecular weight is 244 g/mol. The average Bonchev–Trinajstić information content (AvgIpc) is 2.43. The minimum absolute atomic E-state index is 0.0544. The zero-order valence-corrected chi connectivity index (χ0v) is 9.68. The lowest BCUT2D eigenvalue weighted by molar-refractivity contribution is 0.0586. The molecule has 0 unspecified atom stereocenters. The van der Waals surface area contributed by atoms with Gasteiger partial charge in [0.25, 0.3) is 0 Å². The van der Waals surface area contributed by atoms with E-state index in [1.165, 1.54) is 0 Å². The van der Waals surface area contributed by atoms with Crippen LogP contribution in [0.25, 0.3) is 0 Å². The van der Waals surface area contributed by atoms with Crippen molar-refractivity contribution in [1.82, 2.24) is 0 Å². The first-order chi connectivity index (χ1) is 8.58. The summed E-state index contributed by atoms with van der Waals surface area (Å²) in [4.78, 5) is 22.8. The van der Waals surface area contributed by atoms with Crippen LogP contribution >= 0.6 is 0 Å². The molecule has 0 aliphatic heterocycles. The van der Waals surface area contributed by atoms with E-state index < -0.39 is 11.9 Å². The molecule has 0 atom stereocenters. The van der Waals surface area contributed by atoms with Gasteiger partial charge in [-0.2, -0.15) is 10.5 Å². The fourth-order valence-electron chi connectivity index (χ4n) is 1.34. The van der Waals surface area contributed by atoms with Crippen LogP contribution in [0.1, 0.15) is 31.8 Å². The summed E-state index contributed by atoms with van der Waals surface area (Å²) in [6.07, 6.45) is 0. The zero-order chi connectivity index (χ0) is 13.7. The number of carbonyl (C=O) groups is 2. The normalized spacial score (nSPS) is 8.89. The summed E-state index contributed by atoms with van der Waals surface area (Å²) in [7, 11) is 2.31. The minimum Gasteiger partial charge on any atom is -0.465 e. The molecule has 1 rings (SSSR count). The van der Waals surface area contributed by atoms with Crippen LogP contribution in [-0.2, 0) is 9.47 Å². The van der Waals surface area contributed by atoms with Gasteiger partial charge in [-0.25, -0.2) is 9.59 Å². The van der Waals surface area contributed by atoms with E-state index in [1.807, 2.05) is 0 Å². The van der Waals surface area contributed by atoms with Crippen molar-refractivity contribution in [3.63, 3.8) is 0 Å². The van der Waals surface area contributed by atoms with E-state index >= 15 is 0 Å². The first-order valence-electron chi connectivity index (χ1n) is 4.73. The summed E-state index contributed by atoms with van der Waals surface area (Å²) >= 11 is 0. The number of carbonyl (C=O) groups excluding carboxylic acids is 2. The number of rotatable bonds is 2. The van der Waals surface area contributed by atoms with Gasteiger partial charge in [0.1, 0.15) is 12.1 Å². The summed E-state index contributed by atoms with van der Waals surface area (Å²) in [6, 6.07) is 5.80. The number of hydrogen-bond donors (Lipinski definition) is 0. The van der Waals surface area contributed by atoms with E-state index in [2.05, 4.69) is 9.47 Å². The zero-order valence-electron chi connectivity index (χ0n) is 9.68. The van der Waals surface area contributed by atoms with Gasteiger partial charge in [-0.15, -0.1) is 0 Å². The van der Waals surface area contributed by atoms with Crippen LogP contribution in [0.5, 0.6) is 0 Å². The second-order valence-corrected chi connectivity index (χ2v) is 3.15. The molecule has 0 aliphatic rings. The van der Waals surface area contributed by atoms with Gasteiger partial charge >= 0.3 is 11.9 Å². The molecule has 6 nitrogen and oxygen atoms in total. The molecule has 0 saturated carbocycles. The molecule has 90 valence electrons. The third-order valence-electron chi connectivity index (χ3n) is 2.21. The first-order valence-corrected chi connectivity index (χ1v) is 4.73. The summed E-state index contributed by atoms with van der Waals surface area (Å²) in [5.74, 6) is -1.50. The highest BCUT2D eigenvalue weighted by atomic mass is 16.5. The minimum atomic E-state index is -0.750. The summed E-state index contributed by atoms with van der Waals surface area (Å²) < 4.78 is 8.98. The van der Waals surface area contributed by atoms with Gasteiger partial charge in [0, 0.05) is 0 Å². The van der Waals surface area contributed by atoms with Gasteiger partial charge in [0.05, 0.1) is 36.5 Å². The van der Waals surface area contributed by atoms with Crippen LogP contribution in [-0.4, -0.2) is 26.2 Å². The quantitative estimate of drug-likeness (QED) is 0.719. The van der Waals surface area contributed by atoms with Crippen molar-refractivity contribution in [2.75, 3.05) is 14.2 Å². The van der Waals surface area contributed by atoms with Gasteiger partial charge in [0.2, 0.25) is 0 Å². The van der Waals surface area contributed by atoms with Gasteiger partial charge in [-0.05, 0) is 12.1 Å². The van der Waals surface area contributed by atoms with Crippen molar-refractivity contribution in [3.05, 3.63) is 34.4 Å². The van der Waals surface area contributed by atoms with E-state index in [4.69, 9.17) is 10.5 Å². The summed E-state index contributed by atoms with van der Waals surface area (Å²) in [5.41, 5.74) is -0.240. The Morgan fingerprint density at radius 3 is 1.50 bits per heavy atom. The van der Waals surface area contributed by atoms with E-state index in [0.29, 0.717) is 0 Å². The van der Waals surface area contributed by atoms with E-state index in [9.17, 15) is 9.59 Å². The molecule has 6 heteroatoms. The lowest BCUT2D eigenvalue weighted by Crippen LogP contribution is -2.10. The van der Waals surface area contributed by atoms with Crippen molar-refractivity contribution >= 4 is 11.9 Å². The molecular weight excluding hydrogens is 236 g/mol. The molecule has 0 saturated heterocycles.